The average Bonchev–Trinajstić information content (AvgIpc) is 2.73. The lowest BCUT2D eigenvalue weighted by molar-refractivity contribution is 0.159. The highest BCUT2D eigenvalue weighted by Crippen LogP contribution is 2.23. The zero-order valence-electron chi connectivity index (χ0n) is 13.6. The van der Waals surface area contributed by atoms with Gasteiger partial charge in [0.25, 0.3) is 0 Å². The summed E-state index contributed by atoms with van der Waals surface area (Å²) in [7, 11) is 0. The molecule has 2 rings (SSSR count). The van der Waals surface area contributed by atoms with Crippen molar-refractivity contribution in [1.29, 1.82) is 0 Å². The van der Waals surface area contributed by atoms with Crippen molar-refractivity contribution in [3.05, 3.63) is 30.1 Å². The van der Waals surface area contributed by atoms with Gasteiger partial charge >= 0.3 is 0 Å². The van der Waals surface area contributed by atoms with Crippen LogP contribution in [0.2, 0.25) is 0 Å². The molecule has 0 aliphatic carbocycles. The van der Waals surface area contributed by atoms with E-state index in [-0.39, 0.29) is 0 Å². The van der Waals surface area contributed by atoms with Crippen molar-refractivity contribution in [1.82, 2.24) is 14.5 Å². The van der Waals surface area contributed by atoms with Crippen LogP contribution < -0.4 is 0 Å². The molecule has 0 fully saturated rings. The fourth-order valence-corrected chi connectivity index (χ4v) is 2.91. The minimum Gasteiger partial charge on any atom is -0.324 e. The Hall–Kier alpha value is -1.35. The fourth-order valence-electron chi connectivity index (χ4n) is 2.91. The van der Waals surface area contributed by atoms with Crippen molar-refractivity contribution in [3.8, 4) is 0 Å². The van der Waals surface area contributed by atoms with Crippen LogP contribution in [0.1, 0.15) is 53.4 Å². The summed E-state index contributed by atoms with van der Waals surface area (Å²) in [4.78, 5) is 7.35. The highest BCUT2D eigenvalue weighted by atomic mass is 15.2. The molecule has 20 heavy (non-hydrogen) atoms. The van der Waals surface area contributed by atoms with Gasteiger partial charge in [-0.1, -0.05) is 12.1 Å². The van der Waals surface area contributed by atoms with Gasteiger partial charge in [-0.05, 0) is 53.7 Å². The van der Waals surface area contributed by atoms with Gasteiger partial charge in [-0.3, -0.25) is 4.90 Å². The summed E-state index contributed by atoms with van der Waals surface area (Å²) in [5.74, 6) is 1.17. The summed E-state index contributed by atoms with van der Waals surface area (Å²) in [6.45, 7) is 14.4. The van der Waals surface area contributed by atoms with Crippen LogP contribution in [0, 0.1) is 0 Å². The molecule has 0 aliphatic rings. The second kappa shape index (κ2) is 5.96. The number of rotatable bonds is 5. The molecule has 0 N–H and O–H groups in total. The maximum atomic E-state index is 4.86. The van der Waals surface area contributed by atoms with E-state index in [0.29, 0.717) is 18.1 Å². The van der Waals surface area contributed by atoms with Crippen molar-refractivity contribution in [3.63, 3.8) is 0 Å². The summed E-state index contributed by atoms with van der Waals surface area (Å²) in [5, 5.41) is 0. The Kier molecular flexibility index (Phi) is 4.48. The standard InChI is InChI=1S/C17H27N3/c1-12(2)19(13(3)4)11-17-18-15-9-7-8-10-16(15)20(17)14(5)6/h7-10,12-14H,11H2,1-6H3. The number of fused-ring (bicyclic) bond motifs is 1. The molecule has 3 heteroatoms. The lowest BCUT2D eigenvalue weighted by Gasteiger charge is -2.30. The molecule has 110 valence electrons. The van der Waals surface area contributed by atoms with E-state index in [1.165, 1.54) is 11.3 Å². The average molecular weight is 273 g/mol. The molecule has 1 heterocycles. The van der Waals surface area contributed by atoms with Gasteiger partial charge in [0.05, 0.1) is 17.6 Å². The van der Waals surface area contributed by atoms with Gasteiger partial charge in [0.15, 0.2) is 0 Å². The smallest absolute Gasteiger partial charge is 0.124 e. The minimum absolute atomic E-state index is 0.429. The number of nitrogens with zero attached hydrogens (tertiary/aromatic N) is 3. The second-order valence-corrected chi connectivity index (χ2v) is 6.34. The quantitative estimate of drug-likeness (QED) is 0.812. The van der Waals surface area contributed by atoms with Crippen molar-refractivity contribution in [2.75, 3.05) is 0 Å². The van der Waals surface area contributed by atoms with Crippen molar-refractivity contribution >= 4 is 11.0 Å². The van der Waals surface area contributed by atoms with Crippen LogP contribution in [-0.4, -0.2) is 26.5 Å². The second-order valence-electron chi connectivity index (χ2n) is 6.34. The summed E-state index contributed by atoms with van der Waals surface area (Å²) < 4.78 is 2.37. The highest BCUT2D eigenvalue weighted by molar-refractivity contribution is 5.76. The Balaban J connectivity index is 2.45. The summed E-state index contributed by atoms with van der Waals surface area (Å²) in [6.07, 6.45) is 0. The van der Waals surface area contributed by atoms with Gasteiger partial charge in [-0.25, -0.2) is 4.98 Å². The first-order valence-corrected chi connectivity index (χ1v) is 7.63. The van der Waals surface area contributed by atoms with Gasteiger partial charge in [-0.2, -0.15) is 0 Å². The first-order chi connectivity index (χ1) is 9.41. The maximum Gasteiger partial charge on any atom is 0.124 e. The van der Waals surface area contributed by atoms with Crippen LogP contribution in [-0.2, 0) is 6.54 Å². The lowest BCUT2D eigenvalue weighted by atomic mass is 10.2. The first-order valence-electron chi connectivity index (χ1n) is 7.63. The van der Waals surface area contributed by atoms with E-state index in [9.17, 15) is 0 Å². The van der Waals surface area contributed by atoms with Crippen LogP contribution in [0.25, 0.3) is 11.0 Å². The third-order valence-electron chi connectivity index (χ3n) is 3.84. The predicted octanol–water partition coefficient (Wildman–Crippen LogP) is 4.24. The zero-order chi connectivity index (χ0) is 14.9. The molecular formula is C17H27N3. The Bertz CT molecular complexity index is 559. The highest BCUT2D eigenvalue weighted by Gasteiger charge is 2.19. The molecule has 2 aromatic rings. The Morgan fingerprint density at radius 3 is 2.15 bits per heavy atom. The van der Waals surface area contributed by atoms with E-state index < -0.39 is 0 Å². The third kappa shape index (κ3) is 2.88. The number of benzene rings is 1. The lowest BCUT2D eigenvalue weighted by Crippen LogP contribution is -2.37. The summed E-state index contributed by atoms with van der Waals surface area (Å²) in [6, 6.07) is 9.90. The van der Waals surface area contributed by atoms with Crippen molar-refractivity contribution in [2.45, 2.75) is 66.2 Å². The van der Waals surface area contributed by atoms with E-state index in [2.05, 4.69) is 75.3 Å². The van der Waals surface area contributed by atoms with Crippen molar-refractivity contribution < 1.29 is 0 Å². The van der Waals surface area contributed by atoms with Gasteiger partial charge in [0.1, 0.15) is 5.82 Å². The number of hydrogen-bond donors (Lipinski definition) is 0. The molecule has 0 unspecified atom stereocenters. The fraction of sp³-hybridized carbons (Fsp3) is 0.588. The summed E-state index contributed by atoms with van der Waals surface area (Å²) in [5.41, 5.74) is 2.34. The maximum absolute atomic E-state index is 4.86. The van der Waals surface area contributed by atoms with Crippen LogP contribution >= 0.6 is 0 Å². The normalized spacial score (nSPS) is 12.5. The van der Waals surface area contributed by atoms with E-state index in [1.807, 2.05) is 0 Å². The van der Waals surface area contributed by atoms with E-state index in [0.717, 1.165) is 12.1 Å². The number of hydrogen-bond acceptors (Lipinski definition) is 2. The topological polar surface area (TPSA) is 21.1 Å². The van der Waals surface area contributed by atoms with Crippen molar-refractivity contribution in [2.24, 2.45) is 0 Å². The molecule has 0 radical (unpaired) electrons. The Morgan fingerprint density at radius 1 is 1.00 bits per heavy atom. The van der Waals surface area contributed by atoms with Crippen LogP contribution in [0.5, 0.6) is 0 Å². The SMILES string of the molecule is CC(C)N(Cc1nc2ccccc2n1C(C)C)C(C)C. The monoisotopic (exact) mass is 273 g/mol. The van der Waals surface area contributed by atoms with Crippen LogP contribution in [0.3, 0.4) is 0 Å². The van der Waals surface area contributed by atoms with E-state index in [1.54, 1.807) is 0 Å². The Morgan fingerprint density at radius 2 is 1.60 bits per heavy atom. The van der Waals surface area contributed by atoms with Gasteiger partial charge in [0, 0.05) is 18.1 Å². The Labute approximate surface area is 122 Å². The molecule has 0 bridgehead atoms. The molecule has 1 aromatic heterocycles. The van der Waals surface area contributed by atoms with Gasteiger partial charge < -0.3 is 4.57 Å². The van der Waals surface area contributed by atoms with Gasteiger partial charge in [0.2, 0.25) is 0 Å². The molecule has 3 nitrogen and oxygen atoms in total. The van der Waals surface area contributed by atoms with E-state index >= 15 is 0 Å². The predicted molar refractivity (Wildman–Crippen MR) is 85.9 cm³/mol. The summed E-state index contributed by atoms with van der Waals surface area (Å²) >= 11 is 0. The van der Waals surface area contributed by atoms with E-state index in [4.69, 9.17) is 4.98 Å². The molecule has 0 saturated carbocycles. The number of imidazole rings is 1. The third-order valence-corrected chi connectivity index (χ3v) is 3.84. The molecule has 0 aliphatic heterocycles. The molecule has 0 saturated heterocycles. The first kappa shape index (κ1) is 15.0. The molecule has 1 aromatic carbocycles. The largest absolute Gasteiger partial charge is 0.324 e. The molecule has 0 atom stereocenters. The molecule has 0 amide bonds. The number of aromatic nitrogens is 2. The van der Waals surface area contributed by atoms with Crippen LogP contribution in [0.4, 0.5) is 0 Å². The molecular weight excluding hydrogens is 246 g/mol. The zero-order valence-corrected chi connectivity index (χ0v) is 13.6. The van der Waals surface area contributed by atoms with Crippen LogP contribution in [0.15, 0.2) is 24.3 Å². The molecule has 0 spiro atoms. The minimum atomic E-state index is 0.429. The van der Waals surface area contributed by atoms with Gasteiger partial charge in [-0.15, -0.1) is 0 Å². The number of para-hydroxylation sites is 2.